The predicted octanol–water partition coefficient (Wildman–Crippen LogP) is 4.18. The molecule has 3 aromatic rings. The number of benzene rings is 2. The van der Waals surface area contributed by atoms with E-state index < -0.39 is 0 Å². The van der Waals surface area contributed by atoms with Crippen LogP contribution in [0.4, 0.5) is 11.5 Å². The van der Waals surface area contributed by atoms with Gasteiger partial charge in [-0.05, 0) is 44.0 Å². The lowest BCUT2D eigenvalue weighted by Crippen LogP contribution is -2.60. The summed E-state index contributed by atoms with van der Waals surface area (Å²) in [5.74, 6) is 0.702. The number of hydrogen-bond acceptors (Lipinski definition) is 10. The number of likely N-dealkylation sites (N-methyl/N-ethyl adjacent to an activating group) is 1. The summed E-state index contributed by atoms with van der Waals surface area (Å²) in [5, 5.41) is 12.6. The van der Waals surface area contributed by atoms with E-state index in [2.05, 4.69) is 52.1 Å². The van der Waals surface area contributed by atoms with Crippen molar-refractivity contribution >= 4 is 39.8 Å². The summed E-state index contributed by atoms with van der Waals surface area (Å²) in [7, 11) is 3.73. The van der Waals surface area contributed by atoms with E-state index in [0.717, 1.165) is 59.5 Å². The second kappa shape index (κ2) is 13.9. The van der Waals surface area contributed by atoms with Crippen molar-refractivity contribution in [2.24, 2.45) is 0 Å². The van der Waals surface area contributed by atoms with Crippen molar-refractivity contribution in [3.8, 4) is 12.1 Å². The number of aromatic nitrogens is 2. The van der Waals surface area contributed by atoms with Crippen molar-refractivity contribution in [3.05, 3.63) is 64.8 Å². The number of carbonyl (C=O) groups excluding carboxylic acids is 1. The van der Waals surface area contributed by atoms with E-state index in [4.69, 9.17) is 35.8 Å². The van der Waals surface area contributed by atoms with Gasteiger partial charge in [0.05, 0.1) is 61.0 Å². The Balaban J connectivity index is 1.27. The molecule has 1 aromatic heterocycles. The molecule has 1 spiro atoms. The smallest absolute Gasteiger partial charge is 0.318 e. The van der Waals surface area contributed by atoms with Gasteiger partial charge in [0.25, 0.3) is 0 Å². The summed E-state index contributed by atoms with van der Waals surface area (Å²) in [5.41, 5.74) is 2.72. The van der Waals surface area contributed by atoms with Crippen LogP contribution in [0, 0.1) is 11.3 Å². The van der Waals surface area contributed by atoms with Gasteiger partial charge in [-0.25, -0.2) is 0 Å². The number of rotatable bonds is 9. The Kier molecular flexibility index (Phi) is 9.43. The maximum Gasteiger partial charge on any atom is 0.318 e. The van der Waals surface area contributed by atoms with Crippen LogP contribution in [0.2, 0.25) is 5.02 Å². The van der Waals surface area contributed by atoms with Crippen molar-refractivity contribution in [3.63, 3.8) is 0 Å². The lowest BCUT2D eigenvalue weighted by Gasteiger charge is -2.51. The molecule has 2 atom stereocenters. The fraction of sp³-hybridized carbons (Fsp3) is 0.500. The highest BCUT2D eigenvalue weighted by Gasteiger charge is 2.50. The van der Waals surface area contributed by atoms with E-state index in [9.17, 15) is 10.1 Å². The van der Waals surface area contributed by atoms with Gasteiger partial charge in [-0.15, -0.1) is 0 Å². The van der Waals surface area contributed by atoms with Crippen molar-refractivity contribution in [2.75, 3.05) is 83.1 Å². The monoisotopic (exact) mass is 671 g/mol. The topological polar surface area (TPSA) is 107 Å². The molecule has 7 rings (SSSR count). The Morgan fingerprint density at radius 1 is 1.15 bits per heavy atom. The first-order valence-corrected chi connectivity index (χ1v) is 17.1. The third-order valence-corrected chi connectivity index (χ3v) is 10.5. The largest absolute Gasteiger partial charge is 0.462 e. The molecule has 4 aliphatic heterocycles. The molecule has 0 bridgehead atoms. The first kappa shape index (κ1) is 32.6. The van der Waals surface area contributed by atoms with E-state index in [0.29, 0.717) is 69.7 Å². The average Bonchev–Trinajstić information content (AvgIpc) is 3.50. The summed E-state index contributed by atoms with van der Waals surface area (Å²) in [6.07, 6.45) is 5.69. The van der Waals surface area contributed by atoms with Crippen LogP contribution in [0.25, 0.3) is 10.8 Å². The number of fused-ring (bicyclic) bond motifs is 3. The van der Waals surface area contributed by atoms with Crippen molar-refractivity contribution in [2.45, 2.75) is 43.3 Å². The lowest BCUT2D eigenvalue weighted by atomic mass is 9.74. The van der Waals surface area contributed by atoms with Crippen LogP contribution in [0.5, 0.6) is 6.01 Å². The van der Waals surface area contributed by atoms with E-state index >= 15 is 0 Å². The van der Waals surface area contributed by atoms with Gasteiger partial charge in [0.15, 0.2) is 0 Å². The van der Waals surface area contributed by atoms with Crippen LogP contribution in [0.15, 0.2) is 48.6 Å². The maximum atomic E-state index is 13.1. The number of halogens is 1. The second-order valence-electron chi connectivity index (χ2n) is 13.3. The minimum Gasteiger partial charge on any atom is -0.462 e. The molecule has 1 amide bonds. The summed E-state index contributed by atoms with van der Waals surface area (Å²) >= 11 is 6.81. The van der Waals surface area contributed by atoms with E-state index in [-0.39, 0.29) is 23.8 Å². The Morgan fingerprint density at radius 2 is 1.98 bits per heavy atom. The van der Waals surface area contributed by atoms with Crippen LogP contribution in [0.1, 0.15) is 30.5 Å². The molecule has 11 nitrogen and oxygen atoms in total. The number of ether oxygens (including phenoxy) is 3. The molecular weight excluding hydrogens is 630 g/mol. The minimum absolute atomic E-state index is 0.116. The second-order valence-corrected chi connectivity index (χ2v) is 13.7. The summed E-state index contributed by atoms with van der Waals surface area (Å²) in [6, 6.07) is 15.0. The molecule has 12 heteroatoms. The zero-order chi connectivity index (χ0) is 33.3. The SMILES string of the molecule is COC/C=C/C(=O)N1CCN(c2nc(OC[C@@H]3CCCN3C)nc3c2C2(COC2)CN(c2cccc4cccc(Cl)c24)C3)C[C@@H]1CC#N. The first-order valence-electron chi connectivity index (χ1n) is 16.7. The molecule has 0 unspecified atom stereocenters. The third-order valence-electron chi connectivity index (χ3n) is 10.2. The van der Waals surface area contributed by atoms with Gasteiger partial charge < -0.3 is 33.8 Å². The Labute approximate surface area is 286 Å². The van der Waals surface area contributed by atoms with Gasteiger partial charge in [-0.2, -0.15) is 15.2 Å². The normalized spacial score (nSPS) is 22.2. The molecule has 0 N–H and O–H groups in total. The number of anilines is 2. The zero-order valence-electron chi connectivity index (χ0n) is 27.6. The van der Waals surface area contributed by atoms with Crippen LogP contribution >= 0.6 is 11.6 Å². The zero-order valence-corrected chi connectivity index (χ0v) is 28.4. The van der Waals surface area contributed by atoms with Crippen LogP contribution in [-0.4, -0.2) is 111 Å². The molecule has 5 heterocycles. The van der Waals surface area contributed by atoms with Gasteiger partial charge in [0.2, 0.25) is 5.91 Å². The Bertz CT molecular complexity index is 1740. The van der Waals surface area contributed by atoms with E-state index in [1.54, 1.807) is 18.1 Å². The van der Waals surface area contributed by atoms with Gasteiger partial charge >= 0.3 is 6.01 Å². The molecule has 48 heavy (non-hydrogen) atoms. The number of carbonyl (C=O) groups is 1. The number of likely N-dealkylation sites (tertiary alicyclic amines) is 1. The van der Waals surface area contributed by atoms with Gasteiger partial charge in [0, 0.05) is 62.0 Å². The maximum absolute atomic E-state index is 13.1. The number of methoxy groups -OCH3 is 1. The molecule has 2 aromatic carbocycles. The molecule has 0 radical (unpaired) electrons. The fourth-order valence-electron chi connectivity index (χ4n) is 7.72. The number of nitriles is 1. The standard InChI is InChI=1S/C36H42ClN7O4/c1-41-15-5-9-27(41)21-48-35-39-29-20-43(30-11-4-8-25-7-3-10-28(37)32(25)30)22-36(23-47-24-36)33(29)34(40-35)42-16-17-44(26(19-42)13-14-38)31(45)12-6-18-46-2/h3-4,6-8,10-12,26-27H,5,9,13,15-24H2,1-2H3/b12-6+/t26-,27-/m0/s1. The minimum atomic E-state index is -0.336. The first-order chi connectivity index (χ1) is 23.4. The molecular formula is C36H42ClN7O4. The highest BCUT2D eigenvalue weighted by Crippen LogP contribution is 2.47. The summed E-state index contributed by atoms with van der Waals surface area (Å²) < 4.78 is 17.4. The Morgan fingerprint density at radius 3 is 2.71 bits per heavy atom. The van der Waals surface area contributed by atoms with Crippen molar-refractivity contribution in [1.82, 2.24) is 19.8 Å². The number of hydrogen-bond donors (Lipinski definition) is 0. The highest BCUT2D eigenvalue weighted by molar-refractivity contribution is 6.36. The predicted molar refractivity (Wildman–Crippen MR) is 185 cm³/mol. The Hall–Kier alpha value is -3.95. The van der Waals surface area contributed by atoms with Gasteiger partial charge in [-0.3, -0.25) is 4.79 Å². The van der Waals surface area contributed by atoms with Crippen molar-refractivity contribution < 1.29 is 19.0 Å². The van der Waals surface area contributed by atoms with Crippen LogP contribution in [0.3, 0.4) is 0 Å². The van der Waals surface area contributed by atoms with Crippen LogP contribution < -0.4 is 14.5 Å². The molecule has 0 aliphatic carbocycles. The van der Waals surface area contributed by atoms with E-state index in [1.165, 1.54) is 6.08 Å². The number of nitrogens with zero attached hydrogens (tertiary/aromatic N) is 7. The van der Waals surface area contributed by atoms with Crippen molar-refractivity contribution in [1.29, 1.82) is 5.26 Å². The van der Waals surface area contributed by atoms with E-state index in [1.807, 2.05) is 12.1 Å². The molecule has 0 saturated carbocycles. The summed E-state index contributed by atoms with van der Waals surface area (Å²) in [6.45, 7) is 5.80. The third kappa shape index (κ3) is 6.18. The molecule has 3 saturated heterocycles. The number of piperazine rings is 1. The fourth-order valence-corrected chi connectivity index (χ4v) is 8.00. The lowest BCUT2D eigenvalue weighted by molar-refractivity contribution is -0.128. The highest BCUT2D eigenvalue weighted by atomic mass is 35.5. The molecule has 252 valence electrons. The van der Waals surface area contributed by atoms with Crippen LogP contribution in [-0.2, 0) is 26.2 Å². The molecule has 3 fully saturated rings. The molecule has 4 aliphatic rings. The van der Waals surface area contributed by atoms with Gasteiger partial charge in [0.1, 0.15) is 12.4 Å². The summed E-state index contributed by atoms with van der Waals surface area (Å²) in [4.78, 5) is 32.1. The number of amides is 1. The quantitative estimate of drug-likeness (QED) is 0.308. The average molecular weight is 672 g/mol. The van der Waals surface area contributed by atoms with Gasteiger partial charge in [-0.1, -0.05) is 41.9 Å².